The Bertz CT molecular complexity index is 454. The van der Waals surface area contributed by atoms with E-state index >= 15 is 0 Å². The van der Waals surface area contributed by atoms with Gasteiger partial charge in [0.05, 0.1) is 0 Å². The van der Waals surface area contributed by atoms with Crippen LogP contribution in [0, 0.1) is 0 Å². The van der Waals surface area contributed by atoms with Crippen molar-refractivity contribution in [1.82, 2.24) is 10.6 Å². The standard InChI is InChI=1S/C14H18N2O2/c1-13-7-11(10-5-3-2-4-6-10)8-14(18,9-13)16-12(17)15-13/h2-6,11,18H,7-9H2,1H3,(H2,15,16,17). The van der Waals surface area contributed by atoms with Crippen LogP contribution < -0.4 is 10.6 Å². The molecule has 1 aliphatic carbocycles. The number of aliphatic hydroxyl groups is 1. The molecule has 1 aromatic rings. The maximum Gasteiger partial charge on any atom is 0.317 e. The highest BCUT2D eigenvalue weighted by atomic mass is 16.3. The lowest BCUT2D eigenvalue weighted by atomic mass is 9.69. The summed E-state index contributed by atoms with van der Waals surface area (Å²) < 4.78 is 0. The van der Waals surface area contributed by atoms with Crippen LogP contribution in [0.3, 0.4) is 0 Å². The molecule has 2 fully saturated rings. The smallest absolute Gasteiger partial charge is 0.317 e. The average molecular weight is 246 g/mol. The number of fused-ring (bicyclic) bond motifs is 2. The van der Waals surface area contributed by atoms with Crippen LogP contribution in [0.5, 0.6) is 0 Å². The zero-order chi connectivity index (χ0) is 12.8. The van der Waals surface area contributed by atoms with Crippen molar-refractivity contribution in [2.75, 3.05) is 0 Å². The summed E-state index contributed by atoms with van der Waals surface area (Å²) >= 11 is 0. The summed E-state index contributed by atoms with van der Waals surface area (Å²) in [7, 11) is 0. The highest BCUT2D eigenvalue weighted by Crippen LogP contribution is 2.44. The van der Waals surface area contributed by atoms with Crippen molar-refractivity contribution in [1.29, 1.82) is 0 Å². The summed E-state index contributed by atoms with van der Waals surface area (Å²) in [6.45, 7) is 2.01. The van der Waals surface area contributed by atoms with Gasteiger partial charge in [0.25, 0.3) is 0 Å². The van der Waals surface area contributed by atoms with Crippen molar-refractivity contribution < 1.29 is 9.90 Å². The lowest BCUT2D eigenvalue weighted by Crippen LogP contribution is -2.70. The van der Waals surface area contributed by atoms with Gasteiger partial charge in [-0.15, -0.1) is 0 Å². The van der Waals surface area contributed by atoms with Crippen molar-refractivity contribution in [3.05, 3.63) is 35.9 Å². The van der Waals surface area contributed by atoms with Gasteiger partial charge in [-0.25, -0.2) is 4.79 Å². The minimum atomic E-state index is -1.07. The van der Waals surface area contributed by atoms with E-state index in [1.165, 1.54) is 5.56 Å². The van der Waals surface area contributed by atoms with Crippen LogP contribution in [-0.2, 0) is 0 Å². The molecule has 4 nitrogen and oxygen atoms in total. The molecule has 1 saturated carbocycles. The van der Waals surface area contributed by atoms with E-state index in [1.54, 1.807) is 0 Å². The summed E-state index contributed by atoms with van der Waals surface area (Å²) in [6.07, 6.45) is 2.02. The number of rotatable bonds is 1. The first-order valence-electron chi connectivity index (χ1n) is 6.36. The van der Waals surface area contributed by atoms with Gasteiger partial charge >= 0.3 is 6.03 Å². The highest BCUT2D eigenvalue weighted by molar-refractivity contribution is 5.77. The van der Waals surface area contributed by atoms with Gasteiger partial charge in [0.15, 0.2) is 0 Å². The molecule has 3 N–H and O–H groups in total. The summed E-state index contributed by atoms with van der Waals surface area (Å²) in [5, 5.41) is 16.1. The number of hydrogen-bond acceptors (Lipinski definition) is 2. The fourth-order valence-electron chi connectivity index (χ4n) is 3.48. The summed E-state index contributed by atoms with van der Waals surface area (Å²) in [5.74, 6) is 0.267. The van der Waals surface area contributed by atoms with E-state index in [-0.39, 0.29) is 17.5 Å². The zero-order valence-corrected chi connectivity index (χ0v) is 10.4. The molecule has 0 spiro atoms. The second-order valence-corrected chi connectivity index (χ2v) is 5.86. The molecule has 3 rings (SSSR count). The quantitative estimate of drug-likeness (QED) is 0.706. The largest absolute Gasteiger partial charge is 0.371 e. The highest BCUT2D eigenvalue weighted by Gasteiger charge is 2.50. The Balaban J connectivity index is 1.91. The number of urea groups is 1. The molecule has 1 aromatic carbocycles. The molecule has 1 heterocycles. The van der Waals surface area contributed by atoms with Crippen molar-refractivity contribution in [2.24, 2.45) is 0 Å². The van der Waals surface area contributed by atoms with Crippen LogP contribution in [0.15, 0.2) is 30.3 Å². The second-order valence-electron chi connectivity index (χ2n) is 5.86. The monoisotopic (exact) mass is 246 g/mol. The molecule has 1 aliphatic heterocycles. The van der Waals surface area contributed by atoms with Gasteiger partial charge in [-0.3, -0.25) is 0 Å². The third-order valence-electron chi connectivity index (χ3n) is 4.00. The normalized spacial score (nSPS) is 38.8. The van der Waals surface area contributed by atoms with Crippen molar-refractivity contribution in [3.8, 4) is 0 Å². The molecule has 1 saturated heterocycles. The molecule has 3 unspecified atom stereocenters. The van der Waals surface area contributed by atoms with Crippen LogP contribution in [0.1, 0.15) is 37.7 Å². The topological polar surface area (TPSA) is 61.4 Å². The second kappa shape index (κ2) is 3.72. The molecule has 96 valence electrons. The van der Waals surface area contributed by atoms with Gasteiger partial charge in [0.2, 0.25) is 0 Å². The van der Waals surface area contributed by atoms with Gasteiger partial charge in [0, 0.05) is 18.4 Å². The first-order valence-corrected chi connectivity index (χ1v) is 6.36. The predicted octanol–water partition coefficient (Wildman–Crippen LogP) is 1.71. The Labute approximate surface area is 106 Å². The van der Waals surface area contributed by atoms with Crippen LogP contribution >= 0.6 is 0 Å². The molecule has 3 atom stereocenters. The Morgan fingerprint density at radius 2 is 1.94 bits per heavy atom. The van der Waals surface area contributed by atoms with Gasteiger partial charge in [0.1, 0.15) is 5.72 Å². The Hall–Kier alpha value is -1.55. The zero-order valence-electron chi connectivity index (χ0n) is 10.4. The summed E-state index contributed by atoms with van der Waals surface area (Å²) in [5.41, 5.74) is -0.175. The first-order chi connectivity index (χ1) is 8.48. The molecule has 0 aromatic heterocycles. The number of benzene rings is 1. The lowest BCUT2D eigenvalue weighted by molar-refractivity contribution is -0.0670. The number of amides is 2. The van der Waals surface area contributed by atoms with Crippen LogP contribution in [0.25, 0.3) is 0 Å². The van der Waals surface area contributed by atoms with Gasteiger partial charge in [-0.2, -0.15) is 0 Å². The van der Waals surface area contributed by atoms with Crippen molar-refractivity contribution in [3.63, 3.8) is 0 Å². The molecule has 0 radical (unpaired) electrons. The van der Waals surface area contributed by atoms with Crippen LogP contribution in [-0.4, -0.2) is 22.4 Å². The van der Waals surface area contributed by atoms with E-state index in [0.717, 1.165) is 6.42 Å². The Kier molecular flexibility index (Phi) is 2.38. The van der Waals surface area contributed by atoms with E-state index in [4.69, 9.17) is 0 Å². The SMILES string of the molecule is CC12CC(c3ccccc3)CC(O)(C1)NC(=O)N2. The number of nitrogens with one attached hydrogen (secondary N) is 2. The first kappa shape index (κ1) is 11.5. The lowest BCUT2D eigenvalue weighted by Gasteiger charge is -2.51. The minimum absolute atomic E-state index is 0.266. The van der Waals surface area contributed by atoms with E-state index in [1.807, 2.05) is 25.1 Å². The van der Waals surface area contributed by atoms with Gasteiger partial charge < -0.3 is 15.7 Å². The maximum atomic E-state index is 11.5. The number of carbonyl (C=O) groups is 1. The molecule has 4 heteroatoms. The van der Waals surface area contributed by atoms with E-state index < -0.39 is 5.72 Å². The fraction of sp³-hybridized carbons (Fsp3) is 0.500. The Morgan fingerprint density at radius 3 is 2.61 bits per heavy atom. The molecule has 2 aliphatic rings. The van der Waals surface area contributed by atoms with E-state index in [2.05, 4.69) is 22.8 Å². The Morgan fingerprint density at radius 1 is 1.22 bits per heavy atom. The van der Waals surface area contributed by atoms with Crippen molar-refractivity contribution in [2.45, 2.75) is 43.4 Å². The summed E-state index contributed by atoms with van der Waals surface area (Å²) in [6, 6.07) is 9.91. The van der Waals surface area contributed by atoms with E-state index in [9.17, 15) is 9.90 Å². The molecule has 2 bridgehead atoms. The maximum absolute atomic E-state index is 11.5. The number of hydrogen-bond donors (Lipinski definition) is 3. The average Bonchev–Trinajstić information content (AvgIpc) is 2.26. The fourth-order valence-corrected chi connectivity index (χ4v) is 3.48. The van der Waals surface area contributed by atoms with Crippen molar-refractivity contribution >= 4 is 6.03 Å². The predicted molar refractivity (Wildman–Crippen MR) is 68.1 cm³/mol. The number of carbonyl (C=O) groups excluding carboxylic acids is 1. The third-order valence-corrected chi connectivity index (χ3v) is 4.00. The molecule has 18 heavy (non-hydrogen) atoms. The minimum Gasteiger partial charge on any atom is -0.371 e. The summed E-state index contributed by atoms with van der Waals surface area (Å²) in [4.78, 5) is 11.5. The molecular weight excluding hydrogens is 228 g/mol. The van der Waals surface area contributed by atoms with E-state index in [0.29, 0.717) is 12.8 Å². The third kappa shape index (κ3) is 1.97. The van der Waals surface area contributed by atoms with Gasteiger partial charge in [-0.1, -0.05) is 30.3 Å². The molecule has 2 amide bonds. The molecular formula is C14H18N2O2. The van der Waals surface area contributed by atoms with Crippen LogP contribution in [0.4, 0.5) is 4.79 Å². The van der Waals surface area contributed by atoms with Crippen LogP contribution in [0.2, 0.25) is 0 Å². The van der Waals surface area contributed by atoms with Gasteiger partial charge in [-0.05, 0) is 24.8 Å².